The SMILES string of the molecule is CCc1cccc(-c2nc(CC)cc(Nc3ccc(C(C)(C)C(N)=O)cc3)n2)c1. The summed E-state index contributed by atoms with van der Waals surface area (Å²) in [6.45, 7) is 7.87. The minimum absolute atomic E-state index is 0.347. The molecule has 0 fully saturated rings. The molecule has 3 aromatic rings. The van der Waals surface area contributed by atoms with Crippen LogP contribution in [0.3, 0.4) is 0 Å². The first-order valence-electron chi connectivity index (χ1n) is 9.98. The number of aryl methyl sites for hydroxylation is 2. The van der Waals surface area contributed by atoms with E-state index in [1.54, 1.807) is 0 Å². The van der Waals surface area contributed by atoms with E-state index in [-0.39, 0.29) is 5.91 Å². The molecule has 0 unspecified atom stereocenters. The molecular formula is C24H28N4O. The largest absolute Gasteiger partial charge is 0.369 e. The van der Waals surface area contributed by atoms with Crippen molar-refractivity contribution >= 4 is 17.4 Å². The van der Waals surface area contributed by atoms with Gasteiger partial charge in [0.15, 0.2) is 5.82 Å². The first-order valence-corrected chi connectivity index (χ1v) is 9.98. The monoisotopic (exact) mass is 388 g/mol. The fourth-order valence-corrected chi connectivity index (χ4v) is 3.06. The van der Waals surface area contributed by atoms with Crippen LogP contribution in [0, 0.1) is 0 Å². The van der Waals surface area contributed by atoms with Gasteiger partial charge in [0.2, 0.25) is 5.91 Å². The second-order valence-corrected chi connectivity index (χ2v) is 7.67. The van der Waals surface area contributed by atoms with E-state index in [9.17, 15) is 4.79 Å². The van der Waals surface area contributed by atoms with Crippen molar-refractivity contribution in [1.82, 2.24) is 9.97 Å². The van der Waals surface area contributed by atoms with Crippen LogP contribution in [0.4, 0.5) is 11.5 Å². The van der Waals surface area contributed by atoms with Gasteiger partial charge in [0.25, 0.3) is 0 Å². The molecule has 1 amide bonds. The first-order chi connectivity index (χ1) is 13.8. The summed E-state index contributed by atoms with van der Waals surface area (Å²) < 4.78 is 0. The summed E-state index contributed by atoms with van der Waals surface area (Å²) in [6.07, 6.45) is 1.80. The topological polar surface area (TPSA) is 80.9 Å². The Labute approximate surface area is 172 Å². The van der Waals surface area contributed by atoms with Gasteiger partial charge in [-0.25, -0.2) is 9.97 Å². The molecule has 1 heterocycles. The summed E-state index contributed by atoms with van der Waals surface area (Å²) in [5, 5.41) is 3.36. The Morgan fingerprint density at radius 2 is 1.72 bits per heavy atom. The van der Waals surface area contributed by atoms with Crippen LogP contribution in [-0.4, -0.2) is 15.9 Å². The van der Waals surface area contributed by atoms with Crippen LogP contribution in [0.1, 0.15) is 44.5 Å². The van der Waals surface area contributed by atoms with Gasteiger partial charge in [0.1, 0.15) is 5.82 Å². The Balaban J connectivity index is 1.90. The summed E-state index contributed by atoms with van der Waals surface area (Å²) in [7, 11) is 0. The maximum Gasteiger partial charge on any atom is 0.227 e. The number of amides is 1. The molecule has 150 valence electrons. The first kappa shape index (κ1) is 20.5. The molecule has 0 aliphatic heterocycles. The Bertz CT molecular complexity index is 1010. The van der Waals surface area contributed by atoms with Crippen LogP contribution in [0.2, 0.25) is 0 Å². The van der Waals surface area contributed by atoms with E-state index in [4.69, 9.17) is 15.7 Å². The van der Waals surface area contributed by atoms with Crippen LogP contribution >= 0.6 is 0 Å². The highest BCUT2D eigenvalue weighted by Gasteiger charge is 2.26. The van der Waals surface area contributed by atoms with Gasteiger partial charge in [0, 0.05) is 23.0 Å². The lowest BCUT2D eigenvalue weighted by Crippen LogP contribution is -2.35. The number of rotatable bonds is 7. The second-order valence-electron chi connectivity index (χ2n) is 7.67. The third kappa shape index (κ3) is 4.62. The molecule has 0 saturated heterocycles. The molecule has 29 heavy (non-hydrogen) atoms. The maximum absolute atomic E-state index is 11.7. The number of benzene rings is 2. The Hall–Kier alpha value is -3.21. The molecule has 0 bridgehead atoms. The molecule has 0 aliphatic carbocycles. The van der Waals surface area contributed by atoms with Gasteiger partial charge in [-0.1, -0.05) is 44.2 Å². The molecule has 0 radical (unpaired) electrons. The van der Waals surface area contributed by atoms with Crippen molar-refractivity contribution < 1.29 is 4.79 Å². The maximum atomic E-state index is 11.7. The van der Waals surface area contributed by atoms with E-state index < -0.39 is 5.41 Å². The van der Waals surface area contributed by atoms with Gasteiger partial charge in [0.05, 0.1) is 5.41 Å². The molecule has 1 aromatic heterocycles. The Kier molecular flexibility index (Phi) is 5.97. The quantitative estimate of drug-likeness (QED) is 0.611. The van der Waals surface area contributed by atoms with E-state index in [1.165, 1.54) is 5.56 Å². The Morgan fingerprint density at radius 1 is 1.00 bits per heavy atom. The van der Waals surface area contributed by atoms with Gasteiger partial charge in [-0.2, -0.15) is 0 Å². The van der Waals surface area contributed by atoms with E-state index in [0.717, 1.165) is 41.2 Å². The van der Waals surface area contributed by atoms with Gasteiger partial charge >= 0.3 is 0 Å². The highest BCUT2D eigenvalue weighted by molar-refractivity contribution is 5.85. The molecular weight excluding hydrogens is 360 g/mol. The number of nitrogens with zero attached hydrogens (tertiary/aromatic N) is 2. The fourth-order valence-electron chi connectivity index (χ4n) is 3.06. The van der Waals surface area contributed by atoms with Crippen molar-refractivity contribution in [2.24, 2.45) is 5.73 Å². The number of hydrogen-bond acceptors (Lipinski definition) is 4. The number of nitrogens with two attached hydrogens (primary N) is 1. The van der Waals surface area contributed by atoms with Crippen molar-refractivity contribution in [2.75, 3.05) is 5.32 Å². The van der Waals surface area contributed by atoms with Crippen molar-refractivity contribution in [1.29, 1.82) is 0 Å². The zero-order chi connectivity index (χ0) is 21.0. The molecule has 5 heteroatoms. The number of aromatic nitrogens is 2. The molecule has 3 N–H and O–H groups in total. The normalized spacial score (nSPS) is 11.3. The van der Waals surface area contributed by atoms with Crippen molar-refractivity contribution in [3.63, 3.8) is 0 Å². The molecule has 0 saturated carbocycles. The minimum atomic E-state index is -0.708. The highest BCUT2D eigenvalue weighted by Crippen LogP contribution is 2.26. The lowest BCUT2D eigenvalue weighted by Gasteiger charge is -2.21. The van der Waals surface area contributed by atoms with Crippen molar-refractivity contribution in [3.8, 4) is 11.4 Å². The summed E-state index contributed by atoms with van der Waals surface area (Å²) in [6, 6.07) is 18.0. The van der Waals surface area contributed by atoms with Crippen molar-refractivity contribution in [2.45, 2.75) is 46.0 Å². The van der Waals surface area contributed by atoms with E-state index in [2.05, 4.69) is 31.3 Å². The average Bonchev–Trinajstić information content (AvgIpc) is 2.73. The number of carbonyl (C=O) groups excluding carboxylic acids is 1. The lowest BCUT2D eigenvalue weighted by molar-refractivity contribution is -0.122. The summed E-state index contributed by atoms with van der Waals surface area (Å²) in [4.78, 5) is 21.1. The second kappa shape index (κ2) is 8.43. The highest BCUT2D eigenvalue weighted by atomic mass is 16.1. The Morgan fingerprint density at radius 3 is 2.34 bits per heavy atom. The van der Waals surface area contributed by atoms with Crippen LogP contribution in [0.15, 0.2) is 54.6 Å². The van der Waals surface area contributed by atoms with Crippen LogP contribution in [0.5, 0.6) is 0 Å². The number of primary amides is 1. The smallest absolute Gasteiger partial charge is 0.227 e. The summed E-state index contributed by atoms with van der Waals surface area (Å²) in [5.41, 5.74) is 9.83. The van der Waals surface area contributed by atoms with Gasteiger partial charge < -0.3 is 11.1 Å². The summed E-state index contributed by atoms with van der Waals surface area (Å²) in [5.74, 6) is 1.12. The van der Waals surface area contributed by atoms with E-state index in [1.807, 2.05) is 56.3 Å². The average molecular weight is 389 g/mol. The standard InChI is InChI=1S/C24H28N4O/c1-5-16-8-7-9-17(14-16)22-27-19(6-2)15-21(28-22)26-20-12-10-18(11-13-20)24(3,4)23(25)29/h7-15H,5-6H2,1-4H3,(H2,25,29)(H,26,27,28). The molecule has 0 spiro atoms. The molecule has 0 atom stereocenters. The predicted molar refractivity (Wildman–Crippen MR) is 118 cm³/mol. The number of nitrogens with one attached hydrogen (secondary N) is 1. The zero-order valence-corrected chi connectivity index (χ0v) is 17.5. The van der Waals surface area contributed by atoms with Gasteiger partial charge in [-0.15, -0.1) is 0 Å². The molecule has 2 aromatic carbocycles. The van der Waals surface area contributed by atoms with Gasteiger partial charge in [-0.05, 0) is 56.0 Å². The number of carbonyl (C=O) groups is 1. The lowest BCUT2D eigenvalue weighted by atomic mass is 9.84. The van der Waals surface area contributed by atoms with Crippen LogP contribution < -0.4 is 11.1 Å². The van der Waals surface area contributed by atoms with E-state index >= 15 is 0 Å². The van der Waals surface area contributed by atoms with Crippen LogP contribution in [-0.2, 0) is 23.1 Å². The fraction of sp³-hybridized carbons (Fsp3) is 0.292. The molecule has 0 aliphatic rings. The zero-order valence-electron chi connectivity index (χ0n) is 17.5. The third-order valence-corrected chi connectivity index (χ3v) is 5.23. The van der Waals surface area contributed by atoms with Crippen LogP contribution in [0.25, 0.3) is 11.4 Å². The number of anilines is 2. The number of hydrogen-bond donors (Lipinski definition) is 2. The minimum Gasteiger partial charge on any atom is -0.369 e. The third-order valence-electron chi connectivity index (χ3n) is 5.23. The molecule has 3 rings (SSSR count). The van der Waals surface area contributed by atoms with Gasteiger partial charge in [-0.3, -0.25) is 4.79 Å². The molecule has 5 nitrogen and oxygen atoms in total. The summed E-state index contributed by atoms with van der Waals surface area (Å²) >= 11 is 0. The van der Waals surface area contributed by atoms with Crippen molar-refractivity contribution in [3.05, 3.63) is 71.4 Å². The van der Waals surface area contributed by atoms with E-state index in [0.29, 0.717) is 5.82 Å². The predicted octanol–water partition coefficient (Wildman–Crippen LogP) is 4.77.